The number of hydrogen-bond acceptors (Lipinski definition) is 5. The number of nitrogens with one attached hydrogen (secondary N) is 1. The molecule has 1 atom stereocenters. The third-order valence-corrected chi connectivity index (χ3v) is 7.62. The molecule has 0 aliphatic carbocycles. The molecular weight excluding hydrogens is 326 g/mol. The highest BCUT2D eigenvalue weighted by Crippen LogP contribution is 2.33. The molecule has 2 aromatic heterocycles. The monoisotopic (exact) mass is 343 g/mol. The van der Waals surface area contributed by atoms with Gasteiger partial charge in [0.15, 0.2) is 9.84 Å². The van der Waals surface area contributed by atoms with Crippen molar-refractivity contribution in [1.29, 1.82) is 0 Å². The fourth-order valence-corrected chi connectivity index (χ4v) is 5.91. The first-order valence-corrected chi connectivity index (χ1v) is 9.93. The second-order valence-electron chi connectivity index (χ2n) is 4.54. The Morgan fingerprint density at radius 2 is 1.95 bits per heavy atom. The first-order chi connectivity index (χ1) is 10.1. The van der Waals surface area contributed by atoms with Crippen molar-refractivity contribution in [3.63, 3.8) is 0 Å². The normalized spacial score (nSPS) is 13.0. The lowest BCUT2D eigenvalue weighted by molar-refractivity contribution is -0.121. The standard InChI is InChI=1S/C14H17NO3S3/c1-2-5-13(16)15-10-12(11-6-3-8-19-11)21(17,18)14-7-4-9-20-14/h3-4,6-9,12H,2,5,10H2,1H3,(H,15,16)/t12-/m1/s1. The fourth-order valence-electron chi connectivity index (χ4n) is 1.93. The van der Waals surface area contributed by atoms with Crippen molar-refractivity contribution in [2.45, 2.75) is 29.2 Å². The Hall–Kier alpha value is -1.18. The topological polar surface area (TPSA) is 63.2 Å². The van der Waals surface area contributed by atoms with Crippen LogP contribution in [0.4, 0.5) is 0 Å². The Morgan fingerprint density at radius 3 is 2.52 bits per heavy atom. The van der Waals surface area contributed by atoms with Crippen molar-refractivity contribution < 1.29 is 13.2 Å². The van der Waals surface area contributed by atoms with Crippen LogP contribution < -0.4 is 5.32 Å². The molecule has 0 saturated heterocycles. The Kier molecular flexibility index (Phi) is 5.55. The van der Waals surface area contributed by atoms with Crippen LogP contribution in [0.1, 0.15) is 29.9 Å². The van der Waals surface area contributed by atoms with E-state index in [1.165, 1.54) is 22.7 Å². The predicted octanol–water partition coefficient (Wildman–Crippen LogP) is 3.24. The summed E-state index contributed by atoms with van der Waals surface area (Å²) < 4.78 is 25.8. The molecule has 1 amide bonds. The summed E-state index contributed by atoms with van der Waals surface area (Å²) in [5.74, 6) is -0.111. The number of thiophene rings is 2. The van der Waals surface area contributed by atoms with E-state index >= 15 is 0 Å². The lowest BCUT2D eigenvalue weighted by Crippen LogP contribution is -2.31. The van der Waals surface area contributed by atoms with Crippen LogP contribution in [0.5, 0.6) is 0 Å². The molecule has 0 spiro atoms. The molecule has 114 valence electrons. The Balaban J connectivity index is 2.23. The molecule has 0 bridgehead atoms. The zero-order valence-corrected chi connectivity index (χ0v) is 14.1. The van der Waals surface area contributed by atoms with Gasteiger partial charge in [-0.2, -0.15) is 0 Å². The smallest absolute Gasteiger partial charge is 0.220 e. The van der Waals surface area contributed by atoms with Crippen molar-refractivity contribution in [2.24, 2.45) is 0 Å². The van der Waals surface area contributed by atoms with Crippen LogP contribution >= 0.6 is 22.7 Å². The van der Waals surface area contributed by atoms with Crippen molar-refractivity contribution in [1.82, 2.24) is 5.32 Å². The molecule has 0 fully saturated rings. The van der Waals surface area contributed by atoms with Gasteiger partial charge in [-0.15, -0.1) is 22.7 Å². The second kappa shape index (κ2) is 7.20. The van der Waals surface area contributed by atoms with Crippen LogP contribution in [0.15, 0.2) is 39.2 Å². The van der Waals surface area contributed by atoms with Crippen LogP contribution in [0, 0.1) is 0 Å². The van der Waals surface area contributed by atoms with Crippen LogP contribution in [0.3, 0.4) is 0 Å². The molecule has 2 heterocycles. The van der Waals surface area contributed by atoms with E-state index < -0.39 is 15.1 Å². The Bertz CT molecular complexity index is 660. The molecule has 7 heteroatoms. The third-order valence-electron chi connectivity index (χ3n) is 2.97. The Morgan fingerprint density at radius 1 is 1.24 bits per heavy atom. The summed E-state index contributed by atoms with van der Waals surface area (Å²) in [7, 11) is -3.48. The molecule has 2 rings (SSSR count). The maximum atomic E-state index is 12.7. The minimum absolute atomic E-state index is 0.111. The summed E-state index contributed by atoms with van der Waals surface area (Å²) >= 11 is 2.60. The van der Waals surface area contributed by atoms with Crippen LogP contribution in [-0.2, 0) is 14.6 Å². The maximum absolute atomic E-state index is 12.7. The molecule has 1 N–H and O–H groups in total. The number of sulfone groups is 1. The molecule has 0 unspecified atom stereocenters. The van der Waals surface area contributed by atoms with Gasteiger partial charge in [0.05, 0.1) is 0 Å². The summed E-state index contributed by atoms with van der Waals surface area (Å²) in [6.07, 6.45) is 1.16. The van der Waals surface area contributed by atoms with Crippen LogP contribution in [0.2, 0.25) is 0 Å². The number of carbonyl (C=O) groups is 1. The van der Waals surface area contributed by atoms with Gasteiger partial charge in [-0.25, -0.2) is 8.42 Å². The number of amides is 1. The van der Waals surface area contributed by atoms with E-state index in [0.717, 1.165) is 11.3 Å². The summed E-state index contributed by atoms with van der Waals surface area (Å²) in [5, 5.41) is 5.60. The molecule has 4 nitrogen and oxygen atoms in total. The van der Waals surface area contributed by atoms with Gasteiger partial charge in [0.1, 0.15) is 9.46 Å². The lowest BCUT2D eigenvalue weighted by Gasteiger charge is -2.16. The summed E-state index contributed by atoms with van der Waals surface area (Å²) in [5.41, 5.74) is 0. The lowest BCUT2D eigenvalue weighted by atomic mass is 10.3. The largest absolute Gasteiger partial charge is 0.354 e. The van der Waals surface area contributed by atoms with E-state index in [1.807, 2.05) is 18.4 Å². The molecule has 0 radical (unpaired) electrons. The zero-order valence-electron chi connectivity index (χ0n) is 11.6. The van der Waals surface area contributed by atoms with Crippen molar-refractivity contribution in [3.8, 4) is 0 Å². The highest BCUT2D eigenvalue weighted by molar-refractivity contribution is 7.93. The zero-order chi connectivity index (χ0) is 15.3. The minimum Gasteiger partial charge on any atom is -0.354 e. The van der Waals surface area contributed by atoms with Gasteiger partial charge in [-0.1, -0.05) is 19.1 Å². The average molecular weight is 343 g/mol. The highest BCUT2D eigenvalue weighted by Gasteiger charge is 2.31. The third kappa shape index (κ3) is 3.93. The van der Waals surface area contributed by atoms with E-state index in [4.69, 9.17) is 0 Å². The van der Waals surface area contributed by atoms with Gasteiger partial charge in [0, 0.05) is 17.8 Å². The maximum Gasteiger partial charge on any atom is 0.220 e. The first-order valence-electron chi connectivity index (χ1n) is 6.63. The van der Waals surface area contributed by atoms with Crippen molar-refractivity contribution in [3.05, 3.63) is 39.9 Å². The van der Waals surface area contributed by atoms with E-state index in [9.17, 15) is 13.2 Å². The van der Waals surface area contributed by atoms with E-state index in [1.54, 1.807) is 23.6 Å². The van der Waals surface area contributed by atoms with Gasteiger partial charge < -0.3 is 5.32 Å². The first kappa shape index (κ1) is 16.2. The van der Waals surface area contributed by atoms with Gasteiger partial charge in [0.2, 0.25) is 5.91 Å². The average Bonchev–Trinajstić information content (AvgIpc) is 3.12. The van der Waals surface area contributed by atoms with Crippen LogP contribution in [-0.4, -0.2) is 20.9 Å². The van der Waals surface area contributed by atoms with Gasteiger partial charge in [0.25, 0.3) is 0 Å². The van der Waals surface area contributed by atoms with E-state index in [0.29, 0.717) is 10.6 Å². The molecule has 2 aromatic rings. The van der Waals surface area contributed by atoms with Gasteiger partial charge in [-0.3, -0.25) is 4.79 Å². The SMILES string of the molecule is CCCC(=O)NC[C@H](c1cccs1)S(=O)(=O)c1cccs1. The van der Waals surface area contributed by atoms with Gasteiger partial charge >= 0.3 is 0 Å². The summed E-state index contributed by atoms with van der Waals surface area (Å²) in [4.78, 5) is 12.4. The Labute approximate surface area is 132 Å². The number of carbonyl (C=O) groups excluding carboxylic acids is 1. The molecule has 0 saturated carbocycles. The van der Waals surface area contributed by atoms with Gasteiger partial charge in [-0.05, 0) is 29.3 Å². The predicted molar refractivity (Wildman–Crippen MR) is 86.5 cm³/mol. The highest BCUT2D eigenvalue weighted by atomic mass is 32.2. The summed E-state index contributed by atoms with van der Waals surface area (Å²) in [6, 6.07) is 6.95. The number of rotatable bonds is 7. The molecule has 0 aromatic carbocycles. The molecule has 0 aliphatic heterocycles. The molecular formula is C14H17NO3S3. The minimum atomic E-state index is -3.48. The number of hydrogen-bond donors (Lipinski definition) is 1. The fraction of sp³-hybridized carbons (Fsp3) is 0.357. The van der Waals surface area contributed by atoms with Crippen LogP contribution in [0.25, 0.3) is 0 Å². The summed E-state index contributed by atoms with van der Waals surface area (Å²) in [6.45, 7) is 2.03. The quantitative estimate of drug-likeness (QED) is 0.839. The van der Waals surface area contributed by atoms with E-state index in [2.05, 4.69) is 5.32 Å². The van der Waals surface area contributed by atoms with Crippen molar-refractivity contribution in [2.75, 3.05) is 6.54 Å². The molecule has 0 aliphatic rings. The molecule has 21 heavy (non-hydrogen) atoms. The second-order valence-corrected chi connectivity index (χ2v) is 8.82. The van der Waals surface area contributed by atoms with E-state index in [-0.39, 0.29) is 12.5 Å². The van der Waals surface area contributed by atoms with Crippen molar-refractivity contribution >= 4 is 38.4 Å².